The Morgan fingerprint density at radius 1 is 1.40 bits per heavy atom. The van der Waals surface area contributed by atoms with Gasteiger partial charge in [0.25, 0.3) is 0 Å². The highest BCUT2D eigenvalue weighted by Gasteiger charge is 2.23. The molecule has 1 atom stereocenters. The molecule has 1 unspecified atom stereocenters. The van der Waals surface area contributed by atoms with E-state index >= 15 is 0 Å². The summed E-state index contributed by atoms with van der Waals surface area (Å²) in [6.45, 7) is 0. The van der Waals surface area contributed by atoms with Crippen LogP contribution in [0.25, 0.3) is 0 Å². The highest BCUT2D eigenvalue weighted by molar-refractivity contribution is 5.18. The van der Waals surface area contributed by atoms with Gasteiger partial charge in [-0.15, -0.1) is 0 Å². The van der Waals surface area contributed by atoms with Gasteiger partial charge in [-0.25, -0.2) is 4.39 Å². The third kappa shape index (κ3) is 2.71. The van der Waals surface area contributed by atoms with Crippen molar-refractivity contribution in [1.29, 1.82) is 0 Å². The first-order valence-corrected chi connectivity index (χ1v) is 4.56. The molecule has 0 saturated heterocycles. The van der Waals surface area contributed by atoms with Crippen molar-refractivity contribution in [3.63, 3.8) is 0 Å². The van der Waals surface area contributed by atoms with Crippen molar-refractivity contribution in [2.75, 3.05) is 21.3 Å². The van der Waals surface area contributed by atoms with Crippen LogP contribution in [-0.2, 0) is 9.47 Å². The van der Waals surface area contributed by atoms with Crippen LogP contribution in [-0.4, -0.2) is 32.5 Å². The molecule has 0 spiro atoms. The molecule has 0 amide bonds. The van der Waals surface area contributed by atoms with E-state index < -0.39 is 6.29 Å². The largest absolute Gasteiger partial charge is 0.354 e. The van der Waals surface area contributed by atoms with Gasteiger partial charge in [0.15, 0.2) is 6.29 Å². The molecule has 0 aromatic carbocycles. The summed E-state index contributed by atoms with van der Waals surface area (Å²) in [7, 11) is 4.74. The number of likely N-dealkylation sites (N-methyl/N-ethyl adjacent to an activating group) is 1. The van der Waals surface area contributed by atoms with Crippen LogP contribution in [0, 0.1) is 5.82 Å². The fraction of sp³-hybridized carbons (Fsp3) is 0.500. The monoisotopic (exact) mass is 214 g/mol. The van der Waals surface area contributed by atoms with E-state index in [4.69, 9.17) is 9.47 Å². The summed E-state index contributed by atoms with van der Waals surface area (Å²) in [5.41, 5.74) is 0.473. The first-order chi connectivity index (χ1) is 7.24. The summed E-state index contributed by atoms with van der Waals surface area (Å²) in [5.74, 6) is -0.379. The van der Waals surface area contributed by atoms with Crippen molar-refractivity contribution in [3.05, 3.63) is 29.8 Å². The van der Waals surface area contributed by atoms with Gasteiger partial charge in [-0.2, -0.15) is 0 Å². The second-order valence-corrected chi connectivity index (χ2v) is 3.00. The van der Waals surface area contributed by atoms with Gasteiger partial charge in [0, 0.05) is 26.0 Å². The zero-order valence-electron chi connectivity index (χ0n) is 9.03. The lowest BCUT2D eigenvalue weighted by molar-refractivity contribution is -0.123. The topological polar surface area (TPSA) is 43.4 Å². The molecule has 0 bridgehead atoms. The van der Waals surface area contributed by atoms with Crippen LogP contribution in [0.3, 0.4) is 0 Å². The minimum absolute atomic E-state index is 0.358. The maximum Gasteiger partial charge on any atom is 0.176 e. The number of halogens is 1. The number of methoxy groups -OCH3 is 2. The van der Waals surface area contributed by atoms with Gasteiger partial charge in [-0.05, 0) is 13.1 Å². The van der Waals surface area contributed by atoms with E-state index in [-0.39, 0.29) is 11.9 Å². The van der Waals surface area contributed by atoms with Crippen molar-refractivity contribution in [2.45, 2.75) is 12.3 Å². The smallest absolute Gasteiger partial charge is 0.176 e. The molecular formula is C10H15FN2O2. The van der Waals surface area contributed by atoms with E-state index in [0.717, 1.165) is 0 Å². The molecular weight excluding hydrogens is 199 g/mol. The van der Waals surface area contributed by atoms with Gasteiger partial charge in [-0.1, -0.05) is 0 Å². The van der Waals surface area contributed by atoms with E-state index in [1.165, 1.54) is 26.6 Å². The highest BCUT2D eigenvalue weighted by atomic mass is 19.1. The van der Waals surface area contributed by atoms with Crippen LogP contribution in [0.1, 0.15) is 11.6 Å². The number of aromatic nitrogens is 1. The minimum Gasteiger partial charge on any atom is -0.354 e. The fourth-order valence-corrected chi connectivity index (χ4v) is 1.44. The van der Waals surface area contributed by atoms with Crippen LogP contribution in [0.4, 0.5) is 4.39 Å². The van der Waals surface area contributed by atoms with Gasteiger partial charge in [0.05, 0.1) is 12.2 Å². The molecule has 15 heavy (non-hydrogen) atoms. The number of rotatable bonds is 5. The zero-order valence-corrected chi connectivity index (χ0v) is 9.03. The van der Waals surface area contributed by atoms with E-state index in [9.17, 15) is 4.39 Å². The standard InChI is InChI=1S/C10H15FN2O2/c1-12-9(10(14-2)15-3)7-4-5-13-6-8(7)11/h4-6,9-10,12H,1-3H3. The van der Waals surface area contributed by atoms with Crippen molar-refractivity contribution in [2.24, 2.45) is 0 Å². The molecule has 0 radical (unpaired) electrons. The Labute approximate surface area is 88.4 Å². The lowest BCUT2D eigenvalue weighted by Crippen LogP contribution is -2.33. The molecule has 5 heteroatoms. The summed E-state index contributed by atoms with van der Waals surface area (Å²) in [6, 6.07) is 1.24. The van der Waals surface area contributed by atoms with Crippen LogP contribution >= 0.6 is 0 Å². The number of nitrogens with zero attached hydrogens (tertiary/aromatic N) is 1. The van der Waals surface area contributed by atoms with Gasteiger partial charge in [0.1, 0.15) is 5.82 Å². The number of hydrogen-bond acceptors (Lipinski definition) is 4. The lowest BCUT2D eigenvalue weighted by atomic mass is 10.1. The SMILES string of the molecule is CNC(c1ccncc1F)C(OC)OC. The van der Waals surface area contributed by atoms with Crippen LogP contribution in [0.5, 0.6) is 0 Å². The average Bonchev–Trinajstić information content (AvgIpc) is 2.27. The molecule has 0 aliphatic rings. The molecule has 1 N–H and O–H groups in total. The second kappa shape index (κ2) is 5.75. The molecule has 0 saturated carbocycles. The van der Waals surface area contributed by atoms with Gasteiger partial charge < -0.3 is 14.8 Å². The van der Waals surface area contributed by atoms with Gasteiger partial charge in [0.2, 0.25) is 0 Å². The third-order valence-electron chi connectivity index (χ3n) is 2.19. The fourth-order valence-electron chi connectivity index (χ4n) is 1.44. The Bertz CT molecular complexity index is 305. The van der Waals surface area contributed by atoms with Crippen molar-refractivity contribution in [3.8, 4) is 0 Å². The van der Waals surface area contributed by atoms with Crippen molar-refractivity contribution in [1.82, 2.24) is 10.3 Å². The van der Waals surface area contributed by atoms with E-state index in [2.05, 4.69) is 10.3 Å². The summed E-state index contributed by atoms with van der Waals surface area (Å²) < 4.78 is 23.6. The molecule has 0 fully saturated rings. The molecule has 1 aromatic heterocycles. The maximum atomic E-state index is 13.4. The Kier molecular flexibility index (Phi) is 4.61. The van der Waals surface area contributed by atoms with E-state index in [1.54, 1.807) is 13.1 Å². The summed E-state index contributed by atoms with van der Waals surface area (Å²) >= 11 is 0. The molecule has 1 rings (SSSR count). The van der Waals surface area contributed by atoms with E-state index in [0.29, 0.717) is 5.56 Å². The Balaban J connectivity index is 2.96. The van der Waals surface area contributed by atoms with Gasteiger partial charge >= 0.3 is 0 Å². The third-order valence-corrected chi connectivity index (χ3v) is 2.19. The number of ether oxygens (including phenoxy) is 2. The predicted octanol–water partition coefficient (Wildman–Crippen LogP) is 1.10. The minimum atomic E-state index is -0.535. The highest BCUT2D eigenvalue weighted by Crippen LogP contribution is 2.21. The summed E-state index contributed by atoms with van der Waals surface area (Å²) in [5, 5.41) is 2.94. The number of pyridine rings is 1. The molecule has 4 nitrogen and oxygen atoms in total. The van der Waals surface area contributed by atoms with Crippen molar-refractivity contribution >= 4 is 0 Å². The number of hydrogen-bond donors (Lipinski definition) is 1. The van der Waals surface area contributed by atoms with E-state index in [1.807, 2.05) is 0 Å². The quantitative estimate of drug-likeness (QED) is 0.745. The first-order valence-electron chi connectivity index (χ1n) is 4.56. The van der Waals surface area contributed by atoms with Gasteiger partial charge in [-0.3, -0.25) is 4.98 Å². The summed E-state index contributed by atoms with van der Waals surface area (Å²) in [6.07, 6.45) is 2.17. The number of nitrogens with one attached hydrogen (secondary N) is 1. The average molecular weight is 214 g/mol. The normalized spacial score (nSPS) is 13.1. The Morgan fingerprint density at radius 3 is 2.53 bits per heavy atom. The van der Waals surface area contributed by atoms with Crippen LogP contribution in [0.2, 0.25) is 0 Å². The van der Waals surface area contributed by atoms with Crippen LogP contribution < -0.4 is 5.32 Å². The molecule has 1 heterocycles. The predicted molar refractivity (Wildman–Crippen MR) is 53.8 cm³/mol. The summed E-state index contributed by atoms with van der Waals surface area (Å²) in [4.78, 5) is 3.69. The Morgan fingerprint density at radius 2 is 2.07 bits per heavy atom. The Hall–Kier alpha value is -1.04. The molecule has 0 aliphatic carbocycles. The molecule has 1 aromatic rings. The maximum absolute atomic E-state index is 13.4. The molecule has 0 aliphatic heterocycles. The first kappa shape index (κ1) is 12.0. The lowest BCUT2D eigenvalue weighted by Gasteiger charge is -2.24. The molecule has 84 valence electrons. The van der Waals surface area contributed by atoms with Crippen molar-refractivity contribution < 1.29 is 13.9 Å². The zero-order chi connectivity index (χ0) is 11.3. The second-order valence-electron chi connectivity index (χ2n) is 3.00. The van der Waals surface area contributed by atoms with Crippen LogP contribution in [0.15, 0.2) is 18.5 Å².